The van der Waals surface area contributed by atoms with Crippen LogP contribution in [0.3, 0.4) is 0 Å². The highest BCUT2D eigenvalue weighted by molar-refractivity contribution is 7.90. The Morgan fingerprint density at radius 3 is 2.62 bits per heavy atom. The highest BCUT2D eigenvalue weighted by Gasteiger charge is 2.10. The van der Waals surface area contributed by atoms with Gasteiger partial charge in [0, 0.05) is 19.8 Å². The molecule has 0 aliphatic carbocycles. The minimum absolute atomic E-state index is 0.0133. The van der Waals surface area contributed by atoms with Crippen LogP contribution in [0.5, 0.6) is 0 Å². The Balaban J connectivity index is 2.81. The number of para-hydroxylation sites is 1. The predicted octanol–water partition coefficient (Wildman–Crippen LogP) is 0.889. The van der Waals surface area contributed by atoms with Gasteiger partial charge in [0.25, 0.3) is 0 Å². The van der Waals surface area contributed by atoms with E-state index in [2.05, 4.69) is 0 Å². The summed E-state index contributed by atoms with van der Waals surface area (Å²) in [6.45, 7) is 0.284. The summed E-state index contributed by atoms with van der Waals surface area (Å²) in [5, 5.41) is 0. The Labute approximate surface area is 94.8 Å². The van der Waals surface area contributed by atoms with E-state index in [1.807, 2.05) is 0 Å². The van der Waals surface area contributed by atoms with Crippen molar-refractivity contribution in [3.63, 3.8) is 0 Å². The number of nitrogen functional groups attached to an aromatic ring is 1. The van der Waals surface area contributed by atoms with Gasteiger partial charge in [0.05, 0.1) is 17.1 Å². The third kappa shape index (κ3) is 3.37. The summed E-state index contributed by atoms with van der Waals surface area (Å²) in [4.78, 5) is 1.62. The Bertz CT molecular complexity index is 474. The second-order valence-electron chi connectivity index (χ2n) is 3.72. The average Bonchev–Trinajstić information content (AvgIpc) is 2.17. The molecule has 90 valence electrons. The van der Waals surface area contributed by atoms with Crippen LogP contribution in [0.4, 0.5) is 15.8 Å². The molecule has 0 saturated heterocycles. The number of nitrogens with zero attached hydrogens (tertiary/aromatic N) is 1. The first-order chi connectivity index (χ1) is 7.31. The first-order valence-electron chi connectivity index (χ1n) is 4.74. The summed E-state index contributed by atoms with van der Waals surface area (Å²) in [6.07, 6.45) is 1.16. The zero-order valence-corrected chi connectivity index (χ0v) is 10.1. The molecule has 1 rings (SSSR count). The maximum atomic E-state index is 13.1. The Morgan fingerprint density at radius 1 is 1.44 bits per heavy atom. The lowest BCUT2D eigenvalue weighted by molar-refractivity contribution is 0.601. The van der Waals surface area contributed by atoms with E-state index in [0.29, 0.717) is 5.69 Å². The molecule has 0 spiro atoms. The Morgan fingerprint density at radius 2 is 2.06 bits per heavy atom. The Kier molecular flexibility index (Phi) is 3.74. The maximum absolute atomic E-state index is 13.1. The lowest BCUT2D eigenvalue weighted by atomic mass is 10.2. The number of hydrogen-bond acceptors (Lipinski definition) is 4. The molecular weight excluding hydrogens is 231 g/mol. The van der Waals surface area contributed by atoms with Crippen molar-refractivity contribution in [1.82, 2.24) is 0 Å². The van der Waals surface area contributed by atoms with Crippen molar-refractivity contribution in [3.8, 4) is 0 Å². The molecule has 1 aromatic carbocycles. The molecule has 4 nitrogen and oxygen atoms in total. The van der Waals surface area contributed by atoms with Gasteiger partial charge in [-0.1, -0.05) is 6.07 Å². The van der Waals surface area contributed by atoms with Gasteiger partial charge in [0.1, 0.15) is 15.7 Å². The minimum atomic E-state index is -3.03. The van der Waals surface area contributed by atoms with E-state index >= 15 is 0 Å². The standard InChI is InChI=1S/C10H15FN2O2S/c1-13(6-7-16(2,14)15)9-5-3-4-8(11)10(9)12/h3-5H,6-7,12H2,1-2H3. The molecule has 0 bridgehead atoms. The number of benzene rings is 1. The van der Waals surface area contributed by atoms with Gasteiger partial charge in [0.15, 0.2) is 0 Å². The SMILES string of the molecule is CN(CCS(C)(=O)=O)c1cccc(F)c1N. The molecule has 16 heavy (non-hydrogen) atoms. The maximum Gasteiger partial charge on any atom is 0.149 e. The monoisotopic (exact) mass is 246 g/mol. The van der Waals surface area contributed by atoms with Gasteiger partial charge < -0.3 is 10.6 Å². The summed E-state index contributed by atoms with van der Waals surface area (Å²) in [5.74, 6) is -0.483. The second kappa shape index (κ2) is 4.69. The molecule has 1 aromatic rings. The van der Waals surface area contributed by atoms with Crippen LogP contribution >= 0.6 is 0 Å². The first-order valence-corrected chi connectivity index (χ1v) is 6.80. The molecule has 0 unspecified atom stereocenters. The lowest BCUT2D eigenvalue weighted by Crippen LogP contribution is -2.25. The normalized spacial score (nSPS) is 11.4. The van der Waals surface area contributed by atoms with Gasteiger partial charge in [-0.25, -0.2) is 12.8 Å². The van der Waals surface area contributed by atoms with E-state index < -0.39 is 15.7 Å². The molecule has 0 aliphatic rings. The number of halogens is 1. The van der Waals surface area contributed by atoms with Crippen LogP contribution in [0, 0.1) is 5.82 Å². The van der Waals surface area contributed by atoms with E-state index in [1.165, 1.54) is 12.1 Å². The predicted molar refractivity (Wildman–Crippen MR) is 63.8 cm³/mol. The molecule has 0 radical (unpaired) electrons. The van der Waals surface area contributed by atoms with Crippen LogP contribution in [0.25, 0.3) is 0 Å². The molecule has 0 aliphatic heterocycles. The van der Waals surface area contributed by atoms with Gasteiger partial charge in [-0.2, -0.15) is 0 Å². The fourth-order valence-corrected chi connectivity index (χ4v) is 1.89. The van der Waals surface area contributed by atoms with Crippen LogP contribution in [0.2, 0.25) is 0 Å². The highest BCUT2D eigenvalue weighted by atomic mass is 32.2. The zero-order valence-electron chi connectivity index (χ0n) is 9.27. The molecular formula is C10H15FN2O2S. The molecule has 0 aromatic heterocycles. The van der Waals surface area contributed by atoms with Crippen molar-refractivity contribution in [1.29, 1.82) is 0 Å². The van der Waals surface area contributed by atoms with E-state index in [4.69, 9.17) is 5.73 Å². The average molecular weight is 246 g/mol. The smallest absolute Gasteiger partial charge is 0.149 e. The van der Waals surface area contributed by atoms with Crippen LogP contribution in [-0.4, -0.2) is 34.0 Å². The van der Waals surface area contributed by atoms with Crippen molar-refractivity contribution in [3.05, 3.63) is 24.0 Å². The first kappa shape index (κ1) is 12.8. The van der Waals surface area contributed by atoms with Gasteiger partial charge in [-0.3, -0.25) is 0 Å². The summed E-state index contributed by atoms with van der Waals surface area (Å²) >= 11 is 0. The topological polar surface area (TPSA) is 63.4 Å². The fraction of sp³-hybridized carbons (Fsp3) is 0.400. The van der Waals surface area contributed by atoms with E-state index in [-0.39, 0.29) is 18.0 Å². The van der Waals surface area contributed by atoms with Crippen molar-refractivity contribution in [2.75, 3.05) is 36.2 Å². The number of sulfone groups is 1. The molecule has 0 saturated carbocycles. The fourth-order valence-electron chi connectivity index (χ4n) is 1.28. The number of nitrogens with two attached hydrogens (primary N) is 1. The minimum Gasteiger partial charge on any atom is -0.395 e. The van der Waals surface area contributed by atoms with Gasteiger partial charge in [0.2, 0.25) is 0 Å². The molecule has 0 fully saturated rings. The number of anilines is 2. The quantitative estimate of drug-likeness (QED) is 0.801. The van der Waals surface area contributed by atoms with Crippen LogP contribution in [-0.2, 0) is 9.84 Å². The van der Waals surface area contributed by atoms with Gasteiger partial charge >= 0.3 is 0 Å². The third-order valence-corrected chi connectivity index (χ3v) is 3.16. The number of rotatable bonds is 4. The van der Waals surface area contributed by atoms with E-state index in [0.717, 1.165) is 6.26 Å². The van der Waals surface area contributed by atoms with Crippen molar-refractivity contribution < 1.29 is 12.8 Å². The van der Waals surface area contributed by atoms with Crippen molar-refractivity contribution >= 4 is 21.2 Å². The number of hydrogen-bond donors (Lipinski definition) is 1. The second-order valence-corrected chi connectivity index (χ2v) is 5.98. The largest absolute Gasteiger partial charge is 0.395 e. The highest BCUT2D eigenvalue weighted by Crippen LogP contribution is 2.24. The van der Waals surface area contributed by atoms with E-state index in [9.17, 15) is 12.8 Å². The summed E-state index contributed by atoms with van der Waals surface area (Å²) < 4.78 is 35.1. The van der Waals surface area contributed by atoms with Crippen LogP contribution in [0.1, 0.15) is 0 Å². The molecule has 6 heteroatoms. The van der Waals surface area contributed by atoms with E-state index in [1.54, 1.807) is 18.0 Å². The Hall–Kier alpha value is -1.30. The molecule has 0 heterocycles. The van der Waals surface area contributed by atoms with Crippen LogP contribution < -0.4 is 10.6 Å². The molecule has 0 amide bonds. The summed E-state index contributed by atoms with van der Waals surface area (Å²) in [7, 11) is -1.35. The summed E-state index contributed by atoms with van der Waals surface area (Å²) in [5.41, 5.74) is 6.10. The molecule has 2 N–H and O–H groups in total. The van der Waals surface area contributed by atoms with Crippen molar-refractivity contribution in [2.24, 2.45) is 0 Å². The van der Waals surface area contributed by atoms with Crippen molar-refractivity contribution in [2.45, 2.75) is 0 Å². The third-order valence-electron chi connectivity index (χ3n) is 2.24. The zero-order chi connectivity index (χ0) is 12.3. The van der Waals surface area contributed by atoms with Crippen LogP contribution in [0.15, 0.2) is 18.2 Å². The van der Waals surface area contributed by atoms with Gasteiger partial charge in [-0.15, -0.1) is 0 Å². The molecule has 0 atom stereocenters. The summed E-state index contributed by atoms with van der Waals surface area (Å²) in [6, 6.07) is 4.46. The lowest BCUT2D eigenvalue weighted by Gasteiger charge is -2.20. The van der Waals surface area contributed by atoms with Gasteiger partial charge in [-0.05, 0) is 12.1 Å².